The number of hydrogen-bond donors (Lipinski definition) is 0. The first-order valence-corrected chi connectivity index (χ1v) is 16.0. The average molecular weight is 674 g/mol. The number of alkyl halides is 3. The molecular weight excluding hydrogens is 635 g/mol. The Balaban J connectivity index is 1.30. The van der Waals surface area contributed by atoms with Gasteiger partial charge in [-0.15, -0.1) is 0 Å². The Morgan fingerprint density at radius 1 is 0.857 bits per heavy atom. The van der Waals surface area contributed by atoms with Crippen LogP contribution in [0.2, 0.25) is 0 Å². The van der Waals surface area contributed by atoms with E-state index < -0.39 is 30.5 Å². The van der Waals surface area contributed by atoms with Gasteiger partial charge in [-0.05, 0) is 56.2 Å². The number of carbonyl (C=O) groups excluding carboxylic acids is 1. The monoisotopic (exact) mass is 673 g/mol. The van der Waals surface area contributed by atoms with Crippen LogP contribution in [-0.4, -0.2) is 63.2 Å². The first-order chi connectivity index (χ1) is 23.4. The van der Waals surface area contributed by atoms with E-state index in [-0.39, 0.29) is 19.7 Å². The minimum Gasteiger partial charge on any atom is -0.473 e. The lowest BCUT2D eigenvalue weighted by atomic mass is 10.1. The Kier molecular flexibility index (Phi) is 9.40. The Morgan fingerprint density at radius 2 is 1.51 bits per heavy atom. The summed E-state index contributed by atoms with van der Waals surface area (Å²) < 4.78 is 62.5. The van der Waals surface area contributed by atoms with Crippen molar-refractivity contribution in [3.63, 3.8) is 0 Å². The summed E-state index contributed by atoms with van der Waals surface area (Å²) in [6.45, 7) is 5.15. The number of hydrogen-bond acceptors (Lipinski definition) is 7. The lowest BCUT2D eigenvalue weighted by molar-refractivity contribution is -0.155. The van der Waals surface area contributed by atoms with Crippen molar-refractivity contribution in [3.05, 3.63) is 102 Å². The number of aromatic nitrogens is 3. The highest BCUT2D eigenvalue weighted by Crippen LogP contribution is 2.38. The number of carbonyl (C=O) groups is 1. The van der Waals surface area contributed by atoms with Gasteiger partial charge in [0, 0.05) is 37.3 Å². The van der Waals surface area contributed by atoms with Crippen LogP contribution in [0.15, 0.2) is 91.0 Å². The molecule has 1 fully saturated rings. The van der Waals surface area contributed by atoms with E-state index in [9.17, 15) is 18.0 Å². The molecule has 1 aliphatic heterocycles. The van der Waals surface area contributed by atoms with Gasteiger partial charge in [0.1, 0.15) is 30.6 Å². The van der Waals surface area contributed by atoms with Crippen LogP contribution >= 0.6 is 0 Å². The Morgan fingerprint density at radius 3 is 2.14 bits per heavy atom. The predicted octanol–water partition coefficient (Wildman–Crippen LogP) is 7.78. The molecular formula is C37H38F3N5O4. The summed E-state index contributed by atoms with van der Waals surface area (Å²) in [5.74, 6) is 0.691. The number of fused-ring (bicyclic) bond motifs is 1. The molecule has 9 nitrogen and oxygen atoms in total. The second-order valence-corrected chi connectivity index (χ2v) is 12.9. The number of anilines is 1. The number of amides is 1. The number of aryl methyl sites for hydroxylation is 1. The zero-order valence-electron chi connectivity index (χ0n) is 27.8. The van der Waals surface area contributed by atoms with Crippen LogP contribution in [0.3, 0.4) is 0 Å². The normalized spacial score (nSPS) is 15.4. The zero-order chi connectivity index (χ0) is 34.8. The Labute approximate surface area is 282 Å². The van der Waals surface area contributed by atoms with E-state index in [0.29, 0.717) is 46.2 Å². The van der Waals surface area contributed by atoms with Crippen LogP contribution in [0.1, 0.15) is 31.9 Å². The maximum absolute atomic E-state index is 14.4. The van der Waals surface area contributed by atoms with Crippen LogP contribution in [0.5, 0.6) is 11.8 Å². The van der Waals surface area contributed by atoms with Gasteiger partial charge in [0.15, 0.2) is 0 Å². The molecule has 0 unspecified atom stereocenters. The van der Waals surface area contributed by atoms with Crippen molar-refractivity contribution in [2.75, 3.05) is 24.5 Å². The highest BCUT2D eigenvalue weighted by atomic mass is 19.4. The van der Waals surface area contributed by atoms with Gasteiger partial charge in [0.2, 0.25) is 11.8 Å². The summed E-state index contributed by atoms with van der Waals surface area (Å²) in [5.41, 5.74) is 3.30. The molecule has 5 aromatic rings. The van der Waals surface area contributed by atoms with Crippen LogP contribution in [0.25, 0.3) is 22.2 Å². The van der Waals surface area contributed by atoms with Crippen LogP contribution in [0.4, 0.5) is 23.7 Å². The van der Waals surface area contributed by atoms with Crippen LogP contribution in [0, 0.1) is 0 Å². The summed E-state index contributed by atoms with van der Waals surface area (Å²) in [5, 5.41) is 5.48. The minimum atomic E-state index is -4.59. The molecule has 256 valence electrons. The third-order valence-electron chi connectivity index (χ3n) is 8.11. The Hall–Kier alpha value is -5.26. The van der Waals surface area contributed by atoms with E-state index >= 15 is 0 Å². The molecule has 0 bridgehead atoms. The van der Waals surface area contributed by atoms with Crippen molar-refractivity contribution < 1.29 is 32.2 Å². The molecule has 3 heterocycles. The molecule has 0 aliphatic carbocycles. The fourth-order valence-electron chi connectivity index (χ4n) is 5.74. The number of pyridine rings is 1. The van der Waals surface area contributed by atoms with Gasteiger partial charge in [0.25, 0.3) is 0 Å². The summed E-state index contributed by atoms with van der Waals surface area (Å²) in [6, 6.07) is 26.2. The van der Waals surface area contributed by atoms with Crippen molar-refractivity contribution in [1.29, 1.82) is 0 Å². The van der Waals surface area contributed by atoms with Crippen molar-refractivity contribution in [1.82, 2.24) is 19.7 Å². The SMILES string of the molecule is Cn1nc(-c2ccc(OCc3ccccc3)nc2OCc2ccccc2)c2ccc(N3CCN(C(=O)OC(C)(C)C)C[C@@H]3C(F)(F)F)cc21. The number of nitrogens with zero attached hydrogens (tertiary/aromatic N) is 5. The highest BCUT2D eigenvalue weighted by molar-refractivity contribution is 5.96. The van der Waals surface area contributed by atoms with E-state index in [1.165, 1.54) is 4.90 Å². The molecule has 49 heavy (non-hydrogen) atoms. The molecule has 0 spiro atoms. The molecule has 0 saturated carbocycles. The number of halogens is 3. The average Bonchev–Trinajstić information content (AvgIpc) is 3.41. The Bertz CT molecular complexity index is 1910. The second-order valence-electron chi connectivity index (χ2n) is 12.9. The maximum Gasteiger partial charge on any atom is 0.410 e. The fraction of sp³-hybridized carbons (Fsp3) is 0.324. The summed E-state index contributed by atoms with van der Waals surface area (Å²) in [7, 11) is 1.74. The highest BCUT2D eigenvalue weighted by Gasteiger charge is 2.48. The van der Waals surface area contributed by atoms with Crippen molar-refractivity contribution in [3.8, 4) is 23.0 Å². The van der Waals surface area contributed by atoms with E-state index in [1.807, 2.05) is 66.7 Å². The molecule has 3 aromatic carbocycles. The van der Waals surface area contributed by atoms with Crippen molar-refractivity contribution in [2.45, 2.75) is 51.8 Å². The maximum atomic E-state index is 14.4. The molecule has 1 atom stereocenters. The second kappa shape index (κ2) is 13.7. The molecule has 12 heteroatoms. The van der Waals surface area contributed by atoms with E-state index in [2.05, 4.69) is 0 Å². The number of rotatable bonds is 8. The van der Waals surface area contributed by atoms with E-state index in [0.717, 1.165) is 16.0 Å². The zero-order valence-corrected chi connectivity index (χ0v) is 27.8. The van der Waals surface area contributed by atoms with E-state index in [4.69, 9.17) is 24.3 Å². The quantitative estimate of drug-likeness (QED) is 0.166. The minimum absolute atomic E-state index is 0.0223. The first-order valence-electron chi connectivity index (χ1n) is 16.0. The molecule has 1 saturated heterocycles. The van der Waals surface area contributed by atoms with Gasteiger partial charge < -0.3 is 24.0 Å². The van der Waals surface area contributed by atoms with Gasteiger partial charge in [-0.25, -0.2) is 4.79 Å². The third kappa shape index (κ3) is 7.90. The summed E-state index contributed by atoms with van der Waals surface area (Å²) >= 11 is 0. The van der Waals surface area contributed by atoms with Crippen LogP contribution in [-0.2, 0) is 25.0 Å². The standard InChI is InChI=1S/C37H38F3N5O4/c1-36(2,3)49-35(46)44-19-20-45(31(22-44)37(38,39)40)27-15-16-28-30(21-27)43(4)42-33(28)29-17-18-32(47-23-25-11-7-5-8-12-25)41-34(29)48-24-26-13-9-6-10-14-26/h5-18,21,31H,19-20,22-24H2,1-4H3/t31-/m1/s1. The van der Waals surface area contributed by atoms with Gasteiger partial charge in [-0.3, -0.25) is 4.68 Å². The topological polar surface area (TPSA) is 82.0 Å². The van der Waals surface area contributed by atoms with Gasteiger partial charge in [0.05, 0.1) is 17.6 Å². The first kappa shape index (κ1) is 33.6. The van der Waals surface area contributed by atoms with Crippen LogP contribution < -0.4 is 14.4 Å². The largest absolute Gasteiger partial charge is 0.473 e. The number of benzene rings is 3. The lowest BCUT2D eigenvalue weighted by Gasteiger charge is -2.43. The predicted molar refractivity (Wildman–Crippen MR) is 180 cm³/mol. The smallest absolute Gasteiger partial charge is 0.410 e. The third-order valence-corrected chi connectivity index (χ3v) is 8.11. The van der Waals surface area contributed by atoms with Gasteiger partial charge in [-0.1, -0.05) is 60.7 Å². The lowest BCUT2D eigenvalue weighted by Crippen LogP contribution is -2.60. The fourth-order valence-corrected chi connectivity index (χ4v) is 5.74. The van der Waals surface area contributed by atoms with Gasteiger partial charge >= 0.3 is 12.3 Å². The molecule has 1 amide bonds. The molecule has 0 radical (unpaired) electrons. The summed E-state index contributed by atoms with van der Waals surface area (Å²) in [6.07, 6.45) is -5.35. The molecule has 1 aliphatic rings. The number of ether oxygens (including phenoxy) is 3. The molecule has 2 aromatic heterocycles. The molecule has 0 N–H and O–H groups in total. The summed E-state index contributed by atoms with van der Waals surface area (Å²) in [4.78, 5) is 19.8. The van der Waals surface area contributed by atoms with E-state index in [1.54, 1.807) is 56.8 Å². The number of piperazine rings is 1. The van der Waals surface area contributed by atoms with Gasteiger partial charge in [-0.2, -0.15) is 23.3 Å². The van der Waals surface area contributed by atoms with Crippen molar-refractivity contribution >= 4 is 22.7 Å². The van der Waals surface area contributed by atoms with Crippen molar-refractivity contribution in [2.24, 2.45) is 7.05 Å². The molecule has 6 rings (SSSR count).